The Hall–Kier alpha value is -2.94. The van der Waals surface area contributed by atoms with Gasteiger partial charge in [0.05, 0.1) is 18.7 Å². The summed E-state index contributed by atoms with van der Waals surface area (Å²) in [6, 6.07) is 19.6. The molecule has 2 fully saturated rings. The third-order valence-electron chi connectivity index (χ3n) is 7.68. The number of furan rings is 1. The molecule has 6 nitrogen and oxygen atoms in total. The molecule has 3 atom stereocenters. The van der Waals surface area contributed by atoms with E-state index in [0.717, 1.165) is 22.4 Å². The lowest BCUT2D eigenvalue weighted by Gasteiger charge is -2.41. The number of thioether (sulfide) groups is 1. The van der Waals surface area contributed by atoms with Crippen molar-refractivity contribution < 1.29 is 14.0 Å². The average Bonchev–Trinajstić information content (AvgIpc) is 3.57. The molecular weight excluding hydrogens is 478 g/mol. The minimum Gasteiger partial charge on any atom is -0.469 e. The summed E-state index contributed by atoms with van der Waals surface area (Å²) in [5.74, 6) is 0.0797. The first-order valence-corrected chi connectivity index (χ1v) is 12.8. The maximum absolute atomic E-state index is 14.7. The zero-order valence-electron chi connectivity index (χ0n) is 19.7. The Morgan fingerprint density at radius 3 is 2.54 bits per heavy atom. The molecule has 0 bridgehead atoms. The van der Waals surface area contributed by atoms with E-state index in [9.17, 15) is 9.59 Å². The predicted octanol–water partition coefficient (Wildman–Crippen LogP) is 4.29. The zero-order valence-corrected chi connectivity index (χ0v) is 21.4. The fourth-order valence-corrected chi connectivity index (χ4v) is 8.26. The number of likely N-dealkylation sites (tertiary alicyclic amines) is 1. The molecule has 0 radical (unpaired) electrons. The van der Waals surface area contributed by atoms with E-state index in [2.05, 4.69) is 6.07 Å². The van der Waals surface area contributed by atoms with Gasteiger partial charge in [0.15, 0.2) is 5.54 Å². The highest BCUT2D eigenvalue weighted by Crippen LogP contribution is 2.66. The highest BCUT2D eigenvalue weighted by atomic mass is 32.2. The lowest BCUT2D eigenvalue weighted by Crippen LogP contribution is -2.62. The molecule has 0 N–H and O–H groups in total. The summed E-state index contributed by atoms with van der Waals surface area (Å²) in [5, 5.41) is 0. The molecule has 3 aromatic rings. The number of thiocarbonyl (C=S) groups is 1. The summed E-state index contributed by atoms with van der Waals surface area (Å²) in [5.41, 5.74) is 2.49. The molecule has 6 rings (SSSR count). The van der Waals surface area contributed by atoms with Crippen molar-refractivity contribution in [2.45, 2.75) is 29.7 Å². The van der Waals surface area contributed by atoms with Crippen LogP contribution < -0.4 is 4.90 Å². The third kappa shape index (κ3) is 2.78. The first-order chi connectivity index (χ1) is 16.8. The van der Waals surface area contributed by atoms with E-state index >= 15 is 0 Å². The van der Waals surface area contributed by atoms with Gasteiger partial charge in [-0.15, -0.1) is 0 Å². The first-order valence-electron chi connectivity index (χ1n) is 11.5. The molecule has 8 heteroatoms. The number of fused-ring (bicyclic) bond motifs is 3. The van der Waals surface area contributed by atoms with E-state index < -0.39 is 10.3 Å². The molecule has 2 amide bonds. The van der Waals surface area contributed by atoms with Gasteiger partial charge in [-0.25, -0.2) is 0 Å². The van der Waals surface area contributed by atoms with Gasteiger partial charge in [-0.2, -0.15) is 0 Å². The minimum atomic E-state index is -1.21. The van der Waals surface area contributed by atoms with E-state index in [1.807, 2.05) is 73.5 Å². The number of hydrogen-bond donors (Lipinski definition) is 0. The topological polar surface area (TPSA) is 57.0 Å². The maximum Gasteiger partial charge on any atom is 0.254 e. The molecule has 4 heterocycles. The van der Waals surface area contributed by atoms with Gasteiger partial charge in [0, 0.05) is 24.8 Å². The van der Waals surface area contributed by atoms with Crippen molar-refractivity contribution in [1.29, 1.82) is 0 Å². The van der Waals surface area contributed by atoms with Crippen molar-refractivity contribution in [3.63, 3.8) is 0 Å². The second kappa shape index (κ2) is 7.78. The van der Waals surface area contributed by atoms with Crippen LogP contribution in [0.25, 0.3) is 0 Å². The summed E-state index contributed by atoms with van der Waals surface area (Å²) in [7, 11) is 3.72. The number of hydrogen-bond acceptors (Lipinski definition) is 6. The smallest absolute Gasteiger partial charge is 0.254 e. The van der Waals surface area contributed by atoms with Gasteiger partial charge in [0.25, 0.3) is 5.91 Å². The Morgan fingerprint density at radius 2 is 1.83 bits per heavy atom. The lowest BCUT2D eigenvalue weighted by atomic mass is 9.73. The van der Waals surface area contributed by atoms with Crippen molar-refractivity contribution >= 4 is 45.8 Å². The van der Waals surface area contributed by atoms with Gasteiger partial charge >= 0.3 is 0 Å². The predicted molar refractivity (Wildman–Crippen MR) is 140 cm³/mol. The molecule has 3 aliphatic heterocycles. The number of anilines is 1. The second-order valence-electron chi connectivity index (χ2n) is 9.52. The van der Waals surface area contributed by atoms with Crippen LogP contribution in [0.15, 0.2) is 71.3 Å². The summed E-state index contributed by atoms with van der Waals surface area (Å²) in [6.45, 7) is 2.86. The molecule has 1 aromatic heterocycles. The Kier molecular flexibility index (Phi) is 5.01. The molecule has 2 spiro atoms. The average molecular weight is 504 g/mol. The highest BCUT2D eigenvalue weighted by molar-refractivity contribution is 8.25. The van der Waals surface area contributed by atoms with E-state index in [0.29, 0.717) is 23.2 Å². The molecule has 2 aromatic carbocycles. The summed E-state index contributed by atoms with van der Waals surface area (Å²) < 4.78 is 5.18. The number of amides is 2. The minimum absolute atomic E-state index is 0.111. The number of likely N-dealkylation sites (N-methyl/N-ethyl adjacent to an activating group) is 2. The normalized spacial score (nSPS) is 28.2. The first kappa shape index (κ1) is 22.5. The van der Waals surface area contributed by atoms with Crippen LogP contribution in [0.5, 0.6) is 0 Å². The summed E-state index contributed by atoms with van der Waals surface area (Å²) >= 11 is 7.20. The van der Waals surface area contributed by atoms with Gasteiger partial charge in [-0.05, 0) is 37.7 Å². The Labute approximate surface area is 213 Å². The fraction of sp³-hybridized carbons (Fsp3) is 0.296. The number of aryl methyl sites for hydroxylation is 1. The van der Waals surface area contributed by atoms with Crippen LogP contribution in [0.1, 0.15) is 28.4 Å². The molecule has 178 valence electrons. The number of benzene rings is 2. The summed E-state index contributed by atoms with van der Waals surface area (Å²) in [4.78, 5) is 34.4. The molecule has 35 heavy (non-hydrogen) atoms. The summed E-state index contributed by atoms with van der Waals surface area (Å²) in [6.07, 6.45) is 1.62. The Morgan fingerprint density at radius 1 is 1.06 bits per heavy atom. The monoisotopic (exact) mass is 503 g/mol. The van der Waals surface area contributed by atoms with Gasteiger partial charge in [0.2, 0.25) is 5.91 Å². The Bertz CT molecular complexity index is 1360. The van der Waals surface area contributed by atoms with E-state index in [4.69, 9.17) is 16.6 Å². The van der Waals surface area contributed by atoms with E-state index in [1.54, 1.807) is 23.1 Å². The van der Waals surface area contributed by atoms with Crippen molar-refractivity contribution in [3.05, 3.63) is 89.4 Å². The zero-order chi connectivity index (χ0) is 24.5. The van der Waals surface area contributed by atoms with Crippen LogP contribution in [0, 0.1) is 6.92 Å². The second-order valence-corrected chi connectivity index (χ2v) is 11.4. The van der Waals surface area contributed by atoms with Crippen LogP contribution >= 0.6 is 24.0 Å². The third-order valence-corrected chi connectivity index (χ3v) is 9.62. The largest absolute Gasteiger partial charge is 0.469 e. The van der Waals surface area contributed by atoms with Crippen molar-refractivity contribution in [2.24, 2.45) is 0 Å². The molecule has 0 saturated carbocycles. The van der Waals surface area contributed by atoms with Crippen LogP contribution in [-0.2, 0) is 21.7 Å². The SMILES string of the molecule is Cc1ccc2c(c1)C1(C(=O)N2C)N(C)CC(c2ccco2)C12SC(=S)N(Cc1ccccc1)C2=O. The highest BCUT2D eigenvalue weighted by Gasteiger charge is 2.79. The van der Waals surface area contributed by atoms with Crippen molar-refractivity contribution in [2.75, 3.05) is 25.5 Å². The maximum atomic E-state index is 14.7. The number of nitrogens with zero attached hydrogens (tertiary/aromatic N) is 3. The molecular formula is C27H25N3O3S2. The van der Waals surface area contributed by atoms with E-state index in [1.165, 1.54) is 11.8 Å². The molecule has 2 saturated heterocycles. The van der Waals surface area contributed by atoms with Gasteiger partial charge in [-0.1, -0.05) is 72.0 Å². The number of carbonyl (C=O) groups is 2. The van der Waals surface area contributed by atoms with Crippen LogP contribution in [0.2, 0.25) is 0 Å². The van der Waals surface area contributed by atoms with Gasteiger partial charge in [-0.3, -0.25) is 19.4 Å². The van der Waals surface area contributed by atoms with Gasteiger partial charge < -0.3 is 9.32 Å². The lowest BCUT2D eigenvalue weighted by molar-refractivity contribution is -0.139. The van der Waals surface area contributed by atoms with Crippen molar-refractivity contribution in [1.82, 2.24) is 9.80 Å². The molecule has 0 aliphatic carbocycles. The van der Waals surface area contributed by atoms with Crippen molar-refractivity contribution in [3.8, 4) is 0 Å². The van der Waals surface area contributed by atoms with Crippen LogP contribution in [0.4, 0.5) is 5.69 Å². The van der Waals surface area contributed by atoms with E-state index in [-0.39, 0.29) is 17.7 Å². The Balaban J connectivity index is 1.60. The standard InChI is InChI=1S/C27H25N3O3S2/c1-17-11-12-21-19(14-17)26(23(31)29(21)3)27(20(16-28(26)2)22-10-7-13-33-22)24(32)30(25(34)35-27)15-18-8-5-4-6-9-18/h4-14,20H,15-16H2,1-3H3. The quantitative estimate of drug-likeness (QED) is 0.497. The number of rotatable bonds is 3. The number of carbonyl (C=O) groups excluding carboxylic acids is 2. The fourth-order valence-electron chi connectivity index (χ4n) is 6.15. The van der Waals surface area contributed by atoms with Gasteiger partial charge in [0.1, 0.15) is 14.8 Å². The van der Waals surface area contributed by atoms with Crippen LogP contribution in [0.3, 0.4) is 0 Å². The molecule has 3 unspecified atom stereocenters. The van der Waals surface area contributed by atoms with Crippen LogP contribution in [-0.4, -0.2) is 51.3 Å². The molecule has 3 aliphatic rings.